The van der Waals surface area contributed by atoms with E-state index in [1.54, 1.807) is 0 Å². The Morgan fingerprint density at radius 2 is 2.00 bits per heavy atom. The summed E-state index contributed by atoms with van der Waals surface area (Å²) in [6.45, 7) is 1.94. The lowest BCUT2D eigenvalue weighted by molar-refractivity contribution is 1.66. The van der Waals surface area contributed by atoms with Crippen molar-refractivity contribution < 1.29 is 0 Å². The quantitative estimate of drug-likeness (QED) is 0.640. The van der Waals surface area contributed by atoms with E-state index >= 15 is 0 Å². The zero-order chi connectivity index (χ0) is 7.98. The fraction of sp³-hybridized carbons (Fsp3) is 0.333. The highest BCUT2D eigenvalue weighted by atomic mass is 35.5. The van der Waals surface area contributed by atoms with E-state index in [2.05, 4.69) is 0 Å². The zero-order valence-corrected chi connectivity index (χ0v) is 8.49. The molecule has 0 nitrogen and oxygen atoms in total. The first-order chi connectivity index (χ1) is 4.68. The van der Waals surface area contributed by atoms with E-state index in [9.17, 15) is 0 Å². The molecule has 0 rings (SSSR count). The molecular formula is C6H7Cl3S. The molecule has 0 aliphatic rings. The van der Waals surface area contributed by atoms with Gasteiger partial charge in [-0.3, -0.25) is 0 Å². The number of hydrogen-bond acceptors (Lipinski definition) is 1. The first kappa shape index (κ1) is 10.7. The highest BCUT2D eigenvalue weighted by molar-refractivity contribution is 8.04. The topological polar surface area (TPSA) is 0 Å². The van der Waals surface area contributed by atoms with Gasteiger partial charge in [-0.2, -0.15) is 0 Å². The van der Waals surface area contributed by atoms with Gasteiger partial charge in [-0.05, 0) is 6.92 Å². The van der Waals surface area contributed by atoms with E-state index in [1.807, 2.05) is 19.1 Å². The molecule has 0 radical (unpaired) electrons. The number of rotatable bonds is 3. The Kier molecular flexibility index (Phi) is 6.86. The number of halogens is 3. The molecule has 0 fully saturated rings. The van der Waals surface area contributed by atoms with Gasteiger partial charge >= 0.3 is 0 Å². The Hall–Kier alpha value is 0.700. The molecule has 0 saturated carbocycles. The minimum absolute atomic E-state index is 0.135. The SMILES string of the molecule is C/C=C\CSC(Cl)=C(Cl)Cl. The van der Waals surface area contributed by atoms with Crippen molar-refractivity contribution in [1.29, 1.82) is 0 Å². The second-order valence-corrected chi connectivity index (χ2v) is 4.00. The van der Waals surface area contributed by atoms with Gasteiger partial charge in [-0.1, -0.05) is 47.0 Å². The van der Waals surface area contributed by atoms with Gasteiger partial charge in [0.25, 0.3) is 0 Å². The van der Waals surface area contributed by atoms with E-state index in [4.69, 9.17) is 34.8 Å². The van der Waals surface area contributed by atoms with Crippen LogP contribution in [0.4, 0.5) is 0 Å². The fourth-order valence-electron chi connectivity index (χ4n) is 0.272. The van der Waals surface area contributed by atoms with E-state index in [0.29, 0.717) is 4.36 Å². The first-order valence-corrected chi connectivity index (χ1v) is 4.75. The maximum atomic E-state index is 5.60. The van der Waals surface area contributed by atoms with Crippen LogP contribution in [0.2, 0.25) is 0 Å². The average molecular weight is 218 g/mol. The minimum atomic E-state index is 0.135. The summed E-state index contributed by atoms with van der Waals surface area (Å²) in [5.41, 5.74) is 0. The highest BCUT2D eigenvalue weighted by Crippen LogP contribution is 2.28. The van der Waals surface area contributed by atoms with Crippen molar-refractivity contribution in [1.82, 2.24) is 0 Å². The number of thioether (sulfide) groups is 1. The molecule has 10 heavy (non-hydrogen) atoms. The molecule has 58 valence electrons. The third-order valence-corrected chi connectivity index (χ3v) is 2.82. The predicted molar refractivity (Wildman–Crippen MR) is 51.9 cm³/mol. The summed E-state index contributed by atoms with van der Waals surface area (Å²) in [4.78, 5) is 0. The van der Waals surface area contributed by atoms with Crippen LogP contribution in [0, 0.1) is 0 Å². The molecule has 0 aromatic rings. The summed E-state index contributed by atoms with van der Waals surface area (Å²) in [5.74, 6) is 0.804. The molecule has 0 spiro atoms. The third kappa shape index (κ3) is 5.48. The second kappa shape index (κ2) is 6.41. The van der Waals surface area contributed by atoms with Crippen LogP contribution in [0.25, 0.3) is 0 Å². The van der Waals surface area contributed by atoms with Crippen molar-refractivity contribution >= 4 is 46.6 Å². The lowest BCUT2D eigenvalue weighted by Crippen LogP contribution is -1.69. The van der Waals surface area contributed by atoms with Crippen LogP contribution in [0.3, 0.4) is 0 Å². The first-order valence-electron chi connectivity index (χ1n) is 2.63. The Bertz CT molecular complexity index is 147. The van der Waals surface area contributed by atoms with Gasteiger partial charge in [0, 0.05) is 5.75 Å². The van der Waals surface area contributed by atoms with Crippen LogP contribution < -0.4 is 0 Å². The van der Waals surface area contributed by atoms with Crippen molar-refractivity contribution in [3.05, 3.63) is 21.0 Å². The molecule has 0 aliphatic heterocycles. The van der Waals surface area contributed by atoms with Gasteiger partial charge in [-0.15, -0.1) is 11.8 Å². The largest absolute Gasteiger partial charge is 0.131 e. The normalized spacial score (nSPS) is 10.4. The molecule has 0 heterocycles. The van der Waals surface area contributed by atoms with Crippen molar-refractivity contribution in [3.8, 4) is 0 Å². The standard InChI is InChI=1S/C6H7Cl3S/c1-2-3-4-10-6(9)5(7)8/h2-3H,4H2,1H3/b3-2-. The van der Waals surface area contributed by atoms with Gasteiger partial charge in [0.15, 0.2) is 0 Å². The van der Waals surface area contributed by atoms with Crippen LogP contribution in [-0.2, 0) is 0 Å². The van der Waals surface area contributed by atoms with E-state index in [1.165, 1.54) is 11.8 Å². The van der Waals surface area contributed by atoms with Crippen molar-refractivity contribution in [3.63, 3.8) is 0 Å². The van der Waals surface area contributed by atoms with Crippen LogP contribution in [0.1, 0.15) is 6.92 Å². The Morgan fingerprint density at radius 3 is 2.40 bits per heavy atom. The summed E-state index contributed by atoms with van der Waals surface area (Å²) in [6.07, 6.45) is 3.92. The lowest BCUT2D eigenvalue weighted by Gasteiger charge is -1.92. The fourth-order valence-corrected chi connectivity index (χ4v) is 1.33. The van der Waals surface area contributed by atoms with Crippen molar-refractivity contribution in [2.75, 3.05) is 5.75 Å². The molecule has 0 bridgehead atoms. The summed E-state index contributed by atoms with van der Waals surface area (Å²) in [5, 5.41) is 0. The maximum absolute atomic E-state index is 5.60. The molecule has 0 saturated heterocycles. The van der Waals surface area contributed by atoms with Crippen molar-refractivity contribution in [2.24, 2.45) is 0 Å². The highest BCUT2D eigenvalue weighted by Gasteiger charge is 1.96. The Balaban J connectivity index is 3.60. The molecule has 0 atom stereocenters. The monoisotopic (exact) mass is 216 g/mol. The number of allylic oxidation sites excluding steroid dienone is 1. The van der Waals surface area contributed by atoms with Gasteiger partial charge < -0.3 is 0 Å². The minimum Gasteiger partial charge on any atom is -0.107 e. The summed E-state index contributed by atoms with van der Waals surface area (Å²) in [7, 11) is 0. The summed E-state index contributed by atoms with van der Waals surface area (Å²) >= 11 is 17.8. The third-order valence-electron chi connectivity index (χ3n) is 0.691. The van der Waals surface area contributed by atoms with E-state index in [0.717, 1.165) is 5.75 Å². The second-order valence-electron chi connectivity index (χ2n) is 1.41. The molecule has 4 heteroatoms. The predicted octanol–water partition coefficient (Wildman–Crippen LogP) is 4.14. The summed E-state index contributed by atoms with van der Waals surface area (Å²) in [6, 6.07) is 0. The lowest BCUT2D eigenvalue weighted by atomic mass is 10.6. The summed E-state index contributed by atoms with van der Waals surface area (Å²) < 4.78 is 0.581. The van der Waals surface area contributed by atoms with Crippen LogP contribution in [0.15, 0.2) is 21.0 Å². The average Bonchev–Trinajstić information content (AvgIpc) is 1.88. The molecule has 0 amide bonds. The molecule has 0 unspecified atom stereocenters. The van der Waals surface area contributed by atoms with Gasteiger partial charge in [0.2, 0.25) is 0 Å². The zero-order valence-electron chi connectivity index (χ0n) is 5.40. The molecule has 0 N–H and O–H groups in total. The molecule has 0 aliphatic carbocycles. The van der Waals surface area contributed by atoms with Gasteiger partial charge in [-0.25, -0.2) is 0 Å². The maximum Gasteiger partial charge on any atom is 0.131 e. The Labute approximate surface area is 80.2 Å². The van der Waals surface area contributed by atoms with Crippen LogP contribution in [0.5, 0.6) is 0 Å². The van der Waals surface area contributed by atoms with E-state index < -0.39 is 0 Å². The molecule has 0 aromatic heterocycles. The van der Waals surface area contributed by atoms with Crippen LogP contribution >= 0.6 is 46.6 Å². The van der Waals surface area contributed by atoms with Gasteiger partial charge in [0.05, 0.1) is 0 Å². The van der Waals surface area contributed by atoms with Crippen molar-refractivity contribution in [2.45, 2.75) is 6.92 Å². The van der Waals surface area contributed by atoms with Gasteiger partial charge in [0.1, 0.15) is 8.86 Å². The molecular weight excluding hydrogens is 210 g/mol. The van der Waals surface area contributed by atoms with Crippen LogP contribution in [-0.4, -0.2) is 5.75 Å². The molecule has 0 aromatic carbocycles. The number of hydrogen-bond donors (Lipinski definition) is 0. The Morgan fingerprint density at radius 1 is 1.40 bits per heavy atom. The smallest absolute Gasteiger partial charge is 0.107 e. The van der Waals surface area contributed by atoms with E-state index in [-0.39, 0.29) is 4.49 Å².